The van der Waals surface area contributed by atoms with E-state index in [9.17, 15) is 23.1 Å². The number of rotatable bonds is 9. The average Bonchev–Trinajstić information content (AvgIpc) is 3.31. The maximum Gasteiger partial charge on any atom is 0.303 e. The lowest BCUT2D eigenvalue weighted by Gasteiger charge is -2.65. The summed E-state index contributed by atoms with van der Waals surface area (Å²) in [4.78, 5) is 21.3. The summed E-state index contributed by atoms with van der Waals surface area (Å²) >= 11 is 0. The van der Waals surface area contributed by atoms with Crippen molar-refractivity contribution in [2.24, 2.45) is 0 Å². The molecule has 4 aliphatic rings. The van der Waals surface area contributed by atoms with Gasteiger partial charge in [-0.2, -0.15) is 8.78 Å². The number of carbonyl (C=O) groups is 1. The first-order valence-electron chi connectivity index (χ1n) is 12.5. The van der Waals surface area contributed by atoms with Gasteiger partial charge in [0.25, 0.3) is 0 Å². The summed E-state index contributed by atoms with van der Waals surface area (Å²) < 4.78 is 70.1. The van der Waals surface area contributed by atoms with E-state index in [-0.39, 0.29) is 23.7 Å². The van der Waals surface area contributed by atoms with Crippen LogP contribution in [0.25, 0.3) is 0 Å². The number of amides is 1. The van der Waals surface area contributed by atoms with Crippen LogP contribution in [0.2, 0.25) is 0 Å². The van der Waals surface area contributed by atoms with E-state index in [2.05, 4.69) is 20.6 Å². The fraction of sp³-hybridized carbons (Fsp3) is 0.577. The Morgan fingerprint density at radius 1 is 1.21 bits per heavy atom. The van der Waals surface area contributed by atoms with E-state index in [0.29, 0.717) is 43.7 Å². The number of aliphatic hydroxyl groups is 1. The van der Waals surface area contributed by atoms with E-state index >= 15 is 4.39 Å². The number of benzene rings is 1. The number of nitrogens with zero attached hydrogens (tertiary/aromatic N) is 2. The van der Waals surface area contributed by atoms with Gasteiger partial charge in [-0.15, -0.1) is 0 Å². The molecule has 3 saturated carbocycles. The summed E-state index contributed by atoms with van der Waals surface area (Å²) in [6, 6.07) is 2.73. The van der Waals surface area contributed by atoms with Crippen LogP contribution in [-0.2, 0) is 26.6 Å². The van der Waals surface area contributed by atoms with Crippen molar-refractivity contribution in [1.82, 2.24) is 15.3 Å². The Bertz CT molecular complexity index is 1230. The molecule has 6 rings (SSSR count). The Balaban J connectivity index is 1.40. The highest BCUT2D eigenvalue weighted by atomic mass is 19.3. The second-order valence-electron chi connectivity index (χ2n) is 11.1. The molecule has 1 aromatic heterocycles. The van der Waals surface area contributed by atoms with Crippen LogP contribution >= 0.6 is 0 Å². The Morgan fingerprint density at radius 3 is 2.47 bits per heavy atom. The molecule has 3 aliphatic carbocycles. The molecular formula is C26H30F4N4O4. The van der Waals surface area contributed by atoms with Gasteiger partial charge in [-0.3, -0.25) is 4.79 Å². The van der Waals surface area contributed by atoms with Gasteiger partial charge in [-0.25, -0.2) is 18.7 Å². The first kappa shape index (κ1) is 26.8. The zero-order chi connectivity index (χ0) is 27.5. The van der Waals surface area contributed by atoms with Crippen molar-refractivity contribution >= 4 is 11.7 Å². The highest BCUT2D eigenvalue weighted by Crippen LogP contribution is 2.62. The van der Waals surface area contributed by atoms with Gasteiger partial charge >= 0.3 is 5.92 Å². The number of anilines is 1. The summed E-state index contributed by atoms with van der Waals surface area (Å²) in [5.41, 5.74) is -4.50. The molecule has 1 aliphatic heterocycles. The molecule has 2 bridgehead atoms. The zero-order valence-corrected chi connectivity index (χ0v) is 21.3. The first-order chi connectivity index (χ1) is 17.7. The molecule has 0 radical (unpaired) electrons. The molecule has 1 atom stereocenters. The topological polar surface area (TPSA) is 106 Å². The number of ether oxygens (including phenoxy) is 2. The van der Waals surface area contributed by atoms with E-state index in [1.165, 1.54) is 18.5 Å². The van der Waals surface area contributed by atoms with Crippen molar-refractivity contribution in [1.29, 1.82) is 0 Å². The Hall–Kier alpha value is -2.83. The monoisotopic (exact) mass is 538 g/mol. The molecule has 4 fully saturated rings. The summed E-state index contributed by atoms with van der Waals surface area (Å²) in [6.45, 7) is 3.98. The van der Waals surface area contributed by atoms with Gasteiger partial charge in [0.2, 0.25) is 5.91 Å². The van der Waals surface area contributed by atoms with Crippen molar-refractivity contribution in [3.63, 3.8) is 0 Å². The van der Waals surface area contributed by atoms with Gasteiger partial charge in [0, 0.05) is 30.4 Å². The lowest BCUT2D eigenvalue weighted by atomic mass is 9.47. The van der Waals surface area contributed by atoms with E-state index in [1.54, 1.807) is 6.92 Å². The molecule has 8 nitrogen and oxygen atoms in total. The van der Waals surface area contributed by atoms with Crippen LogP contribution in [-0.4, -0.2) is 51.0 Å². The number of halogens is 4. The summed E-state index contributed by atoms with van der Waals surface area (Å²) in [5, 5.41) is 15.8. The number of hydrogen-bond donors (Lipinski definition) is 3. The van der Waals surface area contributed by atoms with Gasteiger partial charge in [-0.1, -0.05) is 12.1 Å². The SMILES string of the molecule is C[C@@H](Nc1ncnc(CC(=O)NC23CC(F)(C2)C3)c1C1OCCO1)c1cccc(C(F)(F)C(C)(C)O)c1F. The third-order valence-electron chi connectivity index (χ3n) is 7.48. The number of hydrogen-bond acceptors (Lipinski definition) is 7. The van der Waals surface area contributed by atoms with Crippen molar-refractivity contribution in [3.8, 4) is 0 Å². The Kier molecular flexibility index (Phi) is 6.43. The molecule has 2 heterocycles. The van der Waals surface area contributed by atoms with Crippen LogP contribution in [0.1, 0.15) is 74.7 Å². The Labute approximate surface area is 217 Å². The maximum atomic E-state index is 15.3. The van der Waals surface area contributed by atoms with Crippen LogP contribution in [0.15, 0.2) is 24.5 Å². The second-order valence-corrected chi connectivity index (χ2v) is 11.1. The molecular weight excluding hydrogens is 508 g/mol. The largest absolute Gasteiger partial charge is 0.384 e. The number of nitrogens with one attached hydrogen (secondary N) is 2. The van der Waals surface area contributed by atoms with Crippen LogP contribution in [0, 0.1) is 5.82 Å². The number of aromatic nitrogens is 2. The predicted molar refractivity (Wildman–Crippen MR) is 128 cm³/mol. The highest BCUT2D eigenvalue weighted by Gasteiger charge is 2.69. The van der Waals surface area contributed by atoms with Gasteiger partial charge in [-0.05, 0) is 26.8 Å². The van der Waals surface area contributed by atoms with Crippen LogP contribution in [0.5, 0.6) is 0 Å². The van der Waals surface area contributed by atoms with E-state index in [0.717, 1.165) is 19.9 Å². The average molecular weight is 539 g/mol. The smallest absolute Gasteiger partial charge is 0.303 e. The predicted octanol–water partition coefficient (Wildman–Crippen LogP) is 4.00. The van der Waals surface area contributed by atoms with Crippen LogP contribution in [0.3, 0.4) is 0 Å². The van der Waals surface area contributed by atoms with E-state index < -0.39 is 46.4 Å². The lowest BCUT2D eigenvalue weighted by Crippen LogP contribution is -2.76. The third kappa shape index (κ3) is 4.62. The molecule has 1 amide bonds. The summed E-state index contributed by atoms with van der Waals surface area (Å²) in [6.07, 6.45) is 1.10. The standard InChI is InChI=1S/C26H30F4N4O4/c1-14(15-5-4-6-16(20(15)27)26(29,30)23(2,3)36)33-21-19(22-37-7-8-38-22)17(31-13-32-21)9-18(35)34-25-10-24(28,11-25)12-25/h4-6,13-14,22,36H,7-12H2,1-3H3,(H,34,35)(H,31,32,33)/t14-,24?,25?/m1/s1. The number of carbonyl (C=O) groups excluding carboxylic acids is 1. The lowest BCUT2D eigenvalue weighted by molar-refractivity contribution is -0.174. The normalized spacial score (nSPS) is 25.9. The van der Waals surface area contributed by atoms with Crippen molar-refractivity contribution in [2.75, 3.05) is 18.5 Å². The molecule has 38 heavy (non-hydrogen) atoms. The molecule has 0 spiro atoms. The maximum absolute atomic E-state index is 15.3. The van der Waals surface area contributed by atoms with Gasteiger partial charge in [0.1, 0.15) is 29.2 Å². The molecule has 3 N–H and O–H groups in total. The minimum atomic E-state index is -3.85. The summed E-state index contributed by atoms with van der Waals surface area (Å²) in [7, 11) is 0. The highest BCUT2D eigenvalue weighted by molar-refractivity contribution is 5.80. The Morgan fingerprint density at radius 2 is 1.87 bits per heavy atom. The van der Waals surface area contributed by atoms with Crippen molar-refractivity contribution < 1.29 is 36.9 Å². The van der Waals surface area contributed by atoms with Gasteiger partial charge in [0.15, 0.2) is 6.29 Å². The van der Waals surface area contributed by atoms with Gasteiger partial charge < -0.3 is 25.2 Å². The molecule has 12 heteroatoms. The molecule has 0 unspecified atom stereocenters. The van der Waals surface area contributed by atoms with Crippen molar-refractivity contribution in [2.45, 2.75) is 81.5 Å². The number of alkyl halides is 3. The molecule has 1 aromatic carbocycles. The van der Waals surface area contributed by atoms with E-state index in [4.69, 9.17) is 9.47 Å². The minimum absolute atomic E-state index is 0.0766. The molecule has 2 aromatic rings. The van der Waals surface area contributed by atoms with E-state index in [1.807, 2.05) is 0 Å². The molecule has 1 saturated heterocycles. The third-order valence-corrected chi connectivity index (χ3v) is 7.48. The fourth-order valence-corrected chi connectivity index (χ4v) is 5.49. The second kappa shape index (κ2) is 9.13. The summed E-state index contributed by atoms with van der Waals surface area (Å²) in [5.74, 6) is -5.15. The first-order valence-corrected chi connectivity index (χ1v) is 12.5. The van der Waals surface area contributed by atoms with Crippen LogP contribution < -0.4 is 10.6 Å². The minimum Gasteiger partial charge on any atom is -0.384 e. The van der Waals surface area contributed by atoms with Crippen LogP contribution in [0.4, 0.5) is 23.4 Å². The molecule has 206 valence electrons. The zero-order valence-electron chi connectivity index (χ0n) is 21.3. The fourth-order valence-electron chi connectivity index (χ4n) is 5.49. The quantitative estimate of drug-likeness (QED) is 0.415. The van der Waals surface area contributed by atoms with Gasteiger partial charge in [0.05, 0.1) is 42.5 Å². The van der Waals surface area contributed by atoms with Crippen molar-refractivity contribution in [3.05, 3.63) is 52.7 Å².